The third kappa shape index (κ3) is 5.01. The van der Waals surface area contributed by atoms with Crippen LogP contribution in [0.1, 0.15) is 23.4 Å². The molecule has 7 heteroatoms. The smallest absolute Gasteiger partial charge is 0.242 e. The SMILES string of the molecule is CCOc1ccccc1NC(=O)C(Sc1nc(C)cc(N)n1)c1ccccc1. The van der Waals surface area contributed by atoms with Crippen LogP contribution in [0.15, 0.2) is 65.8 Å². The van der Waals surface area contributed by atoms with Crippen LogP contribution in [-0.2, 0) is 4.79 Å². The Hall–Kier alpha value is -3.06. The van der Waals surface area contributed by atoms with Crippen LogP contribution < -0.4 is 15.8 Å². The fraction of sp³-hybridized carbons (Fsp3) is 0.190. The Bertz CT molecular complexity index is 930. The van der Waals surface area contributed by atoms with E-state index >= 15 is 0 Å². The summed E-state index contributed by atoms with van der Waals surface area (Å²) in [7, 11) is 0. The number of aromatic nitrogens is 2. The van der Waals surface area contributed by atoms with E-state index in [4.69, 9.17) is 10.5 Å². The molecule has 0 aliphatic heterocycles. The first-order valence-corrected chi connectivity index (χ1v) is 9.80. The third-order valence-corrected chi connectivity index (χ3v) is 4.98. The first kappa shape index (κ1) is 19.7. The molecule has 2 aromatic carbocycles. The van der Waals surface area contributed by atoms with Gasteiger partial charge in [0, 0.05) is 11.8 Å². The van der Waals surface area contributed by atoms with Crippen LogP contribution in [0.4, 0.5) is 11.5 Å². The molecule has 0 radical (unpaired) electrons. The highest BCUT2D eigenvalue weighted by molar-refractivity contribution is 8.00. The zero-order valence-electron chi connectivity index (χ0n) is 15.8. The average Bonchev–Trinajstić information content (AvgIpc) is 2.68. The van der Waals surface area contributed by atoms with Gasteiger partial charge in [-0.25, -0.2) is 9.97 Å². The van der Waals surface area contributed by atoms with E-state index < -0.39 is 5.25 Å². The lowest BCUT2D eigenvalue weighted by Gasteiger charge is -2.18. The van der Waals surface area contributed by atoms with Crippen molar-refractivity contribution in [2.24, 2.45) is 0 Å². The van der Waals surface area contributed by atoms with Crippen molar-refractivity contribution in [1.82, 2.24) is 9.97 Å². The number of nitrogens with one attached hydrogen (secondary N) is 1. The van der Waals surface area contributed by atoms with Crippen LogP contribution in [-0.4, -0.2) is 22.5 Å². The second kappa shape index (κ2) is 9.23. The van der Waals surface area contributed by atoms with Gasteiger partial charge in [0.05, 0.1) is 12.3 Å². The number of nitrogens with two attached hydrogens (primary N) is 1. The van der Waals surface area contributed by atoms with Gasteiger partial charge in [-0.05, 0) is 31.5 Å². The van der Waals surface area contributed by atoms with E-state index in [1.807, 2.05) is 68.4 Å². The number of anilines is 2. The van der Waals surface area contributed by atoms with Crippen molar-refractivity contribution in [3.63, 3.8) is 0 Å². The number of nitrogen functional groups attached to an aromatic ring is 1. The van der Waals surface area contributed by atoms with E-state index in [9.17, 15) is 4.79 Å². The Morgan fingerprint density at radius 2 is 1.86 bits per heavy atom. The van der Waals surface area contributed by atoms with Gasteiger partial charge in [0.25, 0.3) is 0 Å². The normalized spacial score (nSPS) is 11.6. The van der Waals surface area contributed by atoms with E-state index in [2.05, 4.69) is 15.3 Å². The number of carbonyl (C=O) groups excluding carboxylic acids is 1. The van der Waals surface area contributed by atoms with Crippen LogP contribution >= 0.6 is 11.8 Å². The van der Waals surface area contributed by atoms with Crippen molar-refractivity contribution in [3.05, 3.63) is 71.9 Å². The molecule has 0 aliphatic rings. The molecule has 28 heavy (non-hydrogen) atoms. The molecule has 0 saturated heterocycles. The summed E-state index contributed by atoms with van der Waals surface area (Å²) < 4.78 is 5.61. The monoisotopic (exact) mass is 394 g/mol. The van der Waals surface area contributed by atoms with Gasteiger partial charge in [-0.3, -0.25) is 4.79 Å². The number of hydrogen-bond donors (Lipinski definition) is 2. The van der Waals surface area contributed by atoms with Crippen LogP contribution in [0.2, 0.25) is 0 Å². The summed E-state index contributed by atoms with van der Waals surface area (Å²) in [6.07, 6.45) is 0. The van der Waals surface area contributed by atoms with Gasteiger partial charge in [-0.15, -0.1) is 0 Å². The highest BCUT2D eigenvalue weighted by atomic mass is 32.2. The minimum Gasteiger partial charge on any atom is -0.492 e. The lowest BCUT2D eigenvalue weighted by Crippen LogP contribution is -2.20. The molecule has 6 nitrogen and oxygen atoms in total. The maximum absolute atomic E-state index is 13.2. The number of benzene rings is 2. The van der Waals surface area contributed by atoms with Crippen LogP contribution in [0.3, 0.4) is 0 Å². The number of hydrogen-bond acceptors (Lipinski definition) is 6. The Morgan fingerprint density at radius 1 is 1.14 bits per heavy atom. The van der Waals surface area contributed by atoms with Crippen molar-refractivity contribution >= 4 is 29.2 Å². The average molecular weight is 395 g/mol. The molecular formula is C21H22N4O2S. The molecule has 3 aromatic rings. The summed E-state index contributed by atoms with van der Waals surface area (Å²) in [6, 6.07) is 18.6. The van der Waals surface area contributed by atoms with Crippen LogP contribution in [0.5, 0.6) is 5.75 Å². The van der Waals surface area contributed by atoms with Gasteiger partial charge in [0.15, 0.2) is 5.16 Å². The summed E-state index contributed by atoms with van der Waals surface area (Å²) in [5.74, 6) is 0.821. The standard InChI is InChI=1S/C21H22N4O2S/c1-3-27-17-12-8-7-11-16(17)24-20(26)19(15-9-5-4-6-10-15)28-21-23-14(2)13-18(22)25-21/h4-13,19H,3H2,1-2H3,(H,24,26)(H2,22,23,25). The van der Waals surface area contributed by atoms with E-state index in [0.717, 1.165) is 11.3 Å². The second-order valence-electron chi connectivity index (χ2n) is 6.04. The topological polar surface area (TPSA) is 90.1 Å². The predicted octanol–water partition coefficient (Wildman–Crippen LogP) is 4.24. The Labute approximate surface area is 168 Å². The lowest BCUT2D eigenvalue weighted by atomic mass is 10.1. The predicted molar refractivity (Wildman–Crippen MR) is 112 cm³/mol. The highest BCUT2D eigenvalue weighted by Gasteiger charge is 2.24. The molecule has 3 rings (SSSR count). The molecule has 0 aliphatic carbocycles. The quantitative estimate of drug-likeness (QED) is 0.460. The number of rotatable bonds is 7. The Kier molecular flexibility index (Phi) is 6.49. The molecule has 0 saturated carbocycles. The molecular weight excluding hydrogens is 372 g/mol. The largest absolute Gasteiger partial charge is 0.492 e. The van der Waals surface area contributed by atoms with Crippen molar-refractivity contribution in [2.45, 2.75) is 24.3 Å². The van der Waals surface area contributed by atoms with E-state index in [-0.39, 0.29) is 5.91 Å². The van der Waals surface area contributed by atoms with Gasteiger partial charge in [-0.1, -0.05) is 54.2 Å². The Morgan fingerprint density at radius 3 is 2.57 bits per heavy atom. The summed E-state index contributed by atoms with van der Waals surface area (Å²) >= 11 is 1.26. The molecule has 0 fully saturated rings. The van der Waals surface area contributed by atoms with Gasteiger partial charge >= 0.3 is 0 Å². The zero-order valence-corrected chi connectivity index (χ0v) is 16.6. The van der Waals surface area contributed by atoms with E-state index in [1.165, 1.54) is 11.8 Å². The van der Waals surface area contributed by atoms with Crippen LogP contribution in [0.25, 0.3) is 0 Å². The number of nitrogens with zero attached hydrogens (tertiary/aromatic N) is 2. The van der Waals surface area contributed by atoms with Crippen molar-refractivity contribution < 1.29 is 9.53 Å². The van der Waals surface area contributed by atoms with Crippen molar-refractivity contribution in [2.75, 3.05) is 17.7 Å². The van der Waals surface area contributed by atoms with Gasteiger partial charge in [-0.2, -0.15) is 0 Å². The van der Waals surface area contributed by atoms with Crippen LogP contribution in [0, 0.1) is 6.92 Å². The third-order valence-electron chi connectivity index (χ3n) is 3.86. The number of carbonyl (C=O) groups is 1. The van der Waals surface area contributed by atoms with Gasteiger partial charge < -0.3 is 15.8 Å². The maximum Gasteiger partial charge on any atom is 0.242 e. The fourth-order valence-corrected chi connectivity index (χ4v) is 3.70. The summed E-state index contributed by atoms with van der Waals surface area (Å²) in [6.45, 7) is 4.26. The molecule has 1 aromatic heterocycles. The summed E-state index contributed by atoms with van der Waals surface area (Å²) in [4.78, 5) is 21.8. The van der Waals surface area contributed by atoms with Crippen molar-refractivity contribution in [3.8, 4) is 5.75 Å². The summed E-state index contributed by atoms with van der Waals surface area (Å²) in [5.41, 5.74) is 8.07. The Balaban J connectivity index is 1.90. The molecule has 144 valence electrons. The molecule has 0 bridgehead atoms. The minimum atomic E-state index is -0.544. The molecule has 1 heterocycles. The van der Waals surface area contributed by atoms with Crippen molar-refractivity contribution in [1.29, 1.82) is 0 Å². The molecule has 1 unspecified atom stereocenters. The molecule has 1 atom stereocenters. The lowest BCUT2D eigenvalue weighted by molar-refractivity contribution is -0.115. The van der Waals surface area contributed by atoms with Gasteiger partial charge in [0.1, 0.15) is 16.8 Å². The molecule has 0 spiro atoms. The van der Waals surface area contributed by atoms with Gasteiger partial charge in [0.2, 0.25) is 5.91 Å². The number of para-hydroxylation sites is 2. The number of ether oxygens (including phenoxy) is 1. The van der Waals surface area contributed by atoms with E-state index in [0.29, 0.717) is 29.0 Å². The molecule has 3 N–H and O–H groups in total. The maximum atomic E-state index is 13.2. The van der Waals surface area contributed by atoms with E-state index in [1.54, 1.807) is 6.07 Å². The molecule has 1 amide bonds. The number of thioether (sulfide) groups is 1. The minimum absolute atomic E-state index is 0.188. The first-order valence-electron chi connectivity index (χ1n) is 8.92. The fourth-order valence-electron chi connectivity index (χ4n) is 2.67. The zero-order chi connectivity index (χ0) is 19.9. The highest BCUT2D eigenvalue weighted by Crippen LogP contribution is 2.36. The number of aryl methyl sites for hydroxylation is 1. The summed E-state index contributed by atoms with van der Waals surface area (Å²) in [5, 5.41) is 2.89. The first-order chi connectivity index (χ1) is 13.6. The second-order valence-corrected chi connectivity index (χ2v) is 7.12. The number of amides is 1.